The van der Waals surface area contributed by atoms with Crippen LogP contribution in [0.4, 0.5) is 4.39 Å². The first-order valence-electron chi connectivity index (χ1n) is 7.74. The second kappa shape index (κ2) is 6.74. The Balaban J connectivity index is 1.53. The summed E-state index contributed by atoms with van der Waals surface area (Å²) in [5, 5.41) is 3.79. The summed E-state index contributed by atoms with van der Waals surface area (Å²) in [4.78, 5) is 16.6. The largest absolute Gasteiger partial charge is 0.351 e. The molecule has 2 aromatic rings. The van der Waals surface area contributed by atoms with Crippen molar-refractivity contribution in [1.82, 2.24) is 14.9 Å². The van der Waals surface area contributed by atoms with Crippen molar-refractivity contribution in [3.8, 4) is 0 Å². The van der Waals surface area contributed by atoms with Crippen molar-refractivity contribution < 1.29 is 9.18 Å². The summed E-state index contributed by atoms with van der Waals surface area (Å²) in [6.45, 7) is 4.50. The predicted octanol–water partition coefficient (Wildman–Crippen LogP) is 3.38. The van der Waals surface area contributed by atoms with Crippen molar-refractivity contribution in [1.29, 1.82) is 0 Å². The van der Waals surface area contributed by atoms with Crippen LogP contribution in [-0.4, -0.2) is 21.2 Å². The molecule has 0 aliphatic heterocycles. The molecule has 1 aromatic heterocycles. The Kier molecular flexibility index (Phi) is 4.71. The van der Waals surface area contributed by atoms with E-state index in [0.29, 0.717) is 18.3 Å². The van der Waals surface area contributed by atoms with E-state index in [0.717, 1.165) is 16.4 Å². The number of imidazole rings is 1. The van der Waals surface area contributed by atoms with E-state index in [4.69, 9.17) is 0 Å². The lowest BCUT2D eigenvalue weighted by atomic mass is 10.2. The van der Waals surface area contributed by atoms with E-state index in [1.165, 1.54) is 42.4 Å². The van der Waals surface area contributed by atoms with Gasteiger partial charge in [0.15, 0.2) is 5.16 Å². The molecule has 1 aliphatic rings. The van der Waals surface area contributed by atoms with Gasteiger partial charge in [0.1, 0.15) is 5.82 Å². The first kappa shape index (κ1) is 16.1. The maximum atomic E-state index is 12.8. The van der Waals surface area contributed by atoms with E-state index < -0.39 is 0 Å². The van der Waals surface area contributed by atoms with Crippen molar-refractivity contribution in [3.63, 3.8) is 0 Å². The molecule has 6 heteroatoms. The molecule has 1 saturated carbocycles. The number of hydrogen-bond donors (Lipinski definition) is 1. The van der Waals surface area contributed by atoms with Crippen LogP contribution in [0.5, 0.6) is 0 Å². The molecule has 0 spiro atoms. The van der Waals surface area contributed by atoms with Crippen LogP contribution >= 0.6 is 11.8 Å². The lowest BCUT2D eigenvalue weighted by molar-refractivity contribution is -0.118. The third kappa shape index (κ3) is 3.93. The Labute approximate surface area is 139 Å². The minimum atomic E-state index is -0.270. The smallest absolute Gasteiger partial charge is 0.230 e. The summed E-state index contributed by atoms with van der Waals surface area (Å²) < 4.78 is 15.1. The van der Waals surface area contributed by atoms with Crippen LogP contribution in [0.25, 0.3) is 0 Å². The second-order valence-electron chi connectivity index (χ2n) is 5.86. The summed E-state index contributed by atoms with van der Waals surface area (Å²) in [6, 6.07) is 6.70. The first-order chi connectivity index (χ1) is 11.0. The van der Waals surface area contributed by atoms with Crippen molar-refractivity contribution >= 4 is 17.7 Å². The maximum absolute atomic E-state index is 12.8. The average Bonchev–Trinajstić information content (AvgIpc) is 3.32. The van der Waals surface area contributed by atoms with E-state index in [9.17, 15) is 9.18 Å². The van der Waals surface area contributed by atoms with Gasteiger partial charge in [-0.2, -0.15) is 0 Å². The van der Waals surface area contributed by atoms with Gasteiger partial charge in [0, 0.05) is 18.3 Å². The number of carbonyl (C=O) groups is 1. The fraction of sp³-hybridized carbons (Fsp3) is 0.412. The van der Waals surface area contributed by atoms with Gasteiger partial charge in [-0.25, -0.2) is 9.37 Å². The van der Waals surface area contributed by atoms with Gasteiger partial charge in [0.05, 0.1) is 11.4 Å². The van der Waals surface area contributed by atoms with Gasteiger partial charge in [0.2, 0.25) is 5.91 Å². The highest BCUT2D eigenvalue weighted by Crippen LogP contribution is 2.39. The monoisotopic (exact) mass is 333 g/mol. The summed E-state index contributed by atoms with van der Waals surface area (Å²) >= 11 is 1.48. The zero-order valence-electron chi connectivity index (χ0n) is 13.3. The van der Waals surface area contributed by atoms with E-state index in [2.05, 4.69) is 21.8 Å². The highest BCUT2D eigenvalue weighted by molar-refractivity contribution is 7.99. The van der Waals surface area contributed by atoms with E-state index >= 15 is 0 Å². The Hall–Kier alpha value is -1.82. The number of rotatable bonds is 6. The predicted molar refractivity (Wildman–Crippen MR) is 88.9 cm³/mol. The van der Waals surface area contributed by atoms with Gasteiger partial charge < -0.3 is 9.88 Å². The molecule has 0 atom stereocenters. The minimum Gasteiger partial charge on any atom is -0.351 e. The molecule has 0 bridgehead atoms. The van der Waals surface area contributed by atoms with Crippen molar-refractivity contribution in [2.24, 2.45) is 0 Å². The van der Waals surface area contributed by atoms with E-state index in [1.54, 1.807) is 12.1 Å². The van der Waals surface area contributed by atoms with Gasteiger partial charge in [-0.3, -0.25) is 4.79 Å². The van der Waals surface area contributed by atoms with E-state index in [-0.39, 0.29) is 11.7 Å². The molecular weight excluding hydrogens is 313 g/mol. The molecule has 122 valence electrons. The van der Waals surface area contributed by atoms with E-state index in [1.807, 2.05) is 6.92 Å². The number of hydrogen-bond acceptors (Lipinski definition) is 3. The molecule has 1 N–H and O–H groups in total. The fourth-order valence-electron chi connectivity index (χ4n) is 2.44. The number of aryl methyl sites for hydroxylation is 1. The number of amides is 1. The lowest BCUT2D eigenvalue weighted by Gasteiger charge is -2.08. The van der Waals surface area contributed by atoms with Gasteiger partial charge >= 0.3 is 0 Å². The Morgan fingerprint density at radius 1 is 1.35 bits per heavy atom. The molecule has 0 saturated heterocycles. The topological polar surface area (TPSA) is 46.9 Å². The number of nitrogens with one attached hydrogen (secondary N) is 1. The molecule has 0 unspecified atom stereocenters. The molecule has 1 aliphatic carbocycles. The van der Waals surface area contributed by atoms with Gasteiger partial charge in [-0.1, -0.05) is 23.9 Å². The minimum absolute atomic E-state index is 0.0417. The normalized spacial score (nSPS) is 14.0. The lowest BCUT2D eigenvalue weighted by Crippen LogP contribution is -2.24. The Morgan fingerprint density at radius 2 is 2.04 bits per heavy atom. The van der Waals surface area contributed by atoms with Crippen LogP contribution in [0.3, 0.4) is 0 Å². The maximum Gasteiger partial charge on any atom is 0.230 e. The Bertz CT molecular complexity index is 707. The number of halogens is 1. The van der Waals surface area contributed by atoms with Crippen LogP contribution in [-0.2, 0) is 11.3 Å². The zero-order chi connectivity index (χ0) is 16.4. The second-order valence-corrected chi connectivity index (χ2v) is 6.80. The highest BCUT2D eigenvalue weighted by Gasteiger charge is 2.28. The summed E-state index contributed by atoms with van der Waals surface area (Å²) in [6.07, 6.45) is 2.39. The third-order valence-electron chi connectivity index (χ3n) is 4.00. The molecule has 23 heavy (non-hydrogen) atoms. The summed E-state index contributed by atoms with van der Waals surface area (Å²) in [7, 11) is 0. The first-order valence-corrected chi connectivity index (χ1v) is 8.72. The van der Waals surface area contributed by atoms with Crippen molar-refractivity contribution in [2.75, 3.05) is 5.75 Å². The van der Waals surface area contributed by atoms with Gasteiger partial charge in [-0.05, 0) is 44.4 Å². The zero-order valence-corrected chi connectivity index (χ0v) is 14.1. The number of aromatic nitrogens is 2. The molecule has 1 heterocycles. The molecular formula is C17H20FN3OS. The number of thioether (sulfide) groups is 1. The molecule has 4 nitrogen and oxygen atoms in total. The van der Waals surface area contributed by atoms with Gasteiger partial charge in [-0.15, -0.1) is 0 Å². The quantitative estimate of drug-likeness (QED) is 0.825. The average molecular weight is 333 g/mol. The molecule has 0 radical (unpaired) electrons. The van der Waals surface area contributed by atoms with Crippen molar-refractivity contribution in [2.45, 2.75) is 44.4 Å². The van der Waals surface area contributed by atoms with Crippen LogP contribution < -0.4 is 5.32 Å². The standard InChI is InChI=1S/C17H20FN3OS/c1-11-12(2)21(15-7-8-15)17(20-11)23-10-16(22)19-9-13-3-5-14(18)6-4-13/h3-6,15H,7-10H2,1-2H3,(H,19,22). The molecule has 3 rings (SSSR count). The fourth-order valence-corrected chi connectivity index (χ4v) is 3.43. The molecule has 1 amide bonds. The summed E-state index contributed by atoms with van der Waals surface area (Å²) in [5.41, 5.74) is 3.11. The van der Waals surface area contributed by atoms with Crippen LogP contribution in [0, 0.1) is 19.7 Å². The molecule has 1 fully saturated rings. The third-order valence-corrected chi connectivity index (χ3v) is 4.95. The van der Waals surface area contributed by atoms with Crippen LogP contribution in [0.2, 0.25) is 0 Å². The SMILES string of the molecule is Cc1nc(SCC(=O)NCc2ccc(F)cc2)n(C2CC2)c1C. The van der Waals surface area contributed by atoms with Crippen LogP contribution in [0.1, 0.15) is 35.8 Å². The number of carbonyl (C=O) groups excluding carboxylic acids is 1. The number of nitrogens with zero attached hydrogens (tertiary/aromatic N) is 2. The molecule has 1 aromatic carbocycles. The van der Waals surface area contributed by atoms with Crippen molar-refractivity contribution in [3.05, 3.63) is 47.0 Å². The van der Waals surface area contributed by atoms with Gasteiger partial charge in [0.25, 0.3) is 0 Å². The highest BCUT2D eigenvalue weighted by atomic mass is 32.2. The van der Waals surface area contributed by atoms with Crippen LogP contribution in [0.15, 0.2) is 29.4 Å². The summed E-state index contributed by atoms with van der Waals surface area (Å²) in [5.74, 6) is 0.0253. The number of benzene rings is 1. The Morgan fingerprint density at radius 3 is 2.70 bits per heavy atom.